The molecule has 14 rings (SSSR count). The molecule has 2 aliphatic carbocycles. The summed E-state index contributed by atoms with van der Waals surface area (Å²) in [5.41, 5.74) is 19.6. The van der Waals surface area contributed by atoms with E-state index in [1.807, 2.05) is 0 Å². The molecule has 0 saturated heterocycles. The van der Waals surface area contributed by atoms with Crippen LogP contribution in [0.5, 0.6) is 0 Å². The van der Waals surface area contributed by atoms with Gasteiger partial charge in [-0.1, -0.05) is 182 Å². The molecule has 1 heterocycles. The van der Waals surface area contributed by atoms with E-state index < -0.39 is 5.41 Å². The number of hydrogen-bond donors (Lipinski definition) is 0. The van der Waals surface area contributed by atoms with Gasteiger partial charge in [0, 0.05) is 50.3 Å². The van der Waals surface area contributed by atoms with Crippen LogP contribution >= 0.6 is 0 Å². The highest BCUT2D eigenvalue weighted by Crippen LogP contribution is 2.67. The lowest BCUT2D eigenvalue weighted by Gasteiger charge is -2.38. The van der Waals surface area contributed by atoms with E-state index in [4.69, 9.17) is 0 Å². The fraction of sp³-hybridized carbons (Fsp3) is 0.0154. The van der Waals surface area contributed by atoms with Crippen molar-refractivity contribution in [1.82, 2.24) is 4.57 Å². The van der Waals surface area contributed by atoms with Gasteiger partial charge in [-0.2, -0.15) is 0 Å². The van der Waals surface area contributed by atoms with E-state index in [1.165, 1.54) is 71.6 Å². The van der Waals surface area contributed by atoms with Gasteiger partial charge in [-0.15, -0.1) is 0 Å². The normalized spacial score (nSPS) is 14.2. The summed E-state index contributed by atoms with van der Waals surface area (Å²) in [6.45, 7) is 0. The maximum absolute atomic E-state index is 2.51. The van der Waals surface area contributed by atoms with Gasteiger partial charge >= 0.3 is 0 Å². The average Bonchev–Trinajstić information content (AvgIpc) is 4.02. The summed E-state index contributed by atoms with van der Waals surface area (Å²) in [6.07, 6.45) is 0. The molecule has 0 aliphatic heterocycles. The van der Waals surface area contributed by atoms with Gasteiger partial charge in [-0.3, -0.25) is 0 Å². The van der Waals surface area contributed by atoms with E-state index in [0.29, 0.717) is 0 Å². The van der Waals surface area contributed by atoms with E-state index in [9.17, 15) is 0 Å². The second-order valence-corrected chi connectivity index (χ2v) is 18.0. The Labute approximate surface area is 395 Å². The van der Waals surface area contributed by atoms with Crippen LogP contribution in [0.1, 0.15) is 22.3 Å². The Morgan fingerprint density at radius 2 is 0.765 bits per heavy atom. The zero-order valence-corrected chi connectivity index (χ0v) is 37.2. The van der Waals surface area contributed by atoms with Crippen LogP contribution in [-0.4, -0.2) is 4.57 Å². The fourth-order valence-corrected chi connectivity index (χ4v) is 11.9. The minimum atomic E-state index is -0.703. The average molecular weight is 866 g/mol. The first kappa shape index (κ1) is 38.4. The molecular weight excluding hydrogens is 823 g/mol. The number of benzene rings is 11. The van der Waals surface area contributed by atoms with E-state index in [1.54, 1.807) is 0 Å². The summed E-state index contributed by atoms with van der Waals surface area (Å²) in [5.74, 6) is 0. The lowest BCUT2D eigenvalue weighted by atomic mass is 9.69. The van der Waals surface area contributed by atoms with E-state index in [-0.39, 0.29) is 0 Å². The lowest BCUT2D eigenvalue weighted by Crippen LogP contribution is -2.30. The zero-order chi connectivity index (χ0) is 44.8. The molecule has 1 aromatic heterocycles. The molecule has 3 nitrogen and oxygen atoms in total. The SMILES string of the molecule is c1ccc(N(c2ccc3ccccc3c2)c2cccc3c2C2(c4ccccc4-3)c3ccccc3-c3cccc(N(c4ccccc4)c4ccc5c6ccccc6n(-c6ccccc6)c5c4)c32)cc1. The van der Waals surface area contributed by atoms with Gasteiger partial charge in [0.1, 0.15) is 0 Å². The minimum absolute atomic E-state index is 0.703. The van der Waals surface area contributed by atoms with Gasteiger partial charge in [0.25, 0.3) is 0 Å². The first-order chi connectivity index (χ1) is 33.8. The highest BCUT2D eigenvalue weighted by atomic mass is 15.2. The van der Waals surface area contributed by atoms with Crippen LogP contribution in [-0.2, 0) is 5.41 Å². The third-order valence-corrected chi connectivity index (χ3v) is 14.5. The van der Waals surface area contributed by atoms with E-state index in [0.717, 1.165) is 45.3 Å². The van der Waals surface area contributed by atoms with Crippen LogP contribution in [0.25, 0.3) is 60.5 Å². The minimum Gasteiger partial charge on any atom is -0.310 e. The van der Waals surface area contributed by atoms with Gasteiger partial charge < -0.3 is 14.4 Å². The van der Waals surface area contributed by atoms with Crippen molar-refractivity contribution >= 4 is 66.7 Å². The third-order valence-electron chi connectivity index (χ3n) is 14.5. The smallest absolute Gasteiger partial charge is 0.0766 e. The number of fused-ring (bicyclic) bond motifs is 14. The quantitative estimate of drug-likeness (QED) is 0.158. The molecule has 11 aromatic carbocycles. The van der Waals surface area contributed by atoms with Crippen LogP contribution in [0.3, 0.4) is 0 Å². The Morgan fingerprint density at radius 1 is 0.294 bits per heavy atom. The molecule has 0 saturated carbocycles. The molecule has 0 amide bonds. The number of nitrogens with zero attached hydrogens (tertiary/aromatic N) is 3. The van der Waals surface area contributed by atoms with Crippen molar-refractivity contribution in [3.05, 3.63) is 283 Å². The second kappa shape index (κ2) is 15.1. The summed E-state index contributed by atoms with van der Waals surface area (Å²) < 4.78 is 2.42. The topological polar surface area (TPSA) is 11.4 Å². The van der Waals surface area contributed by atoms with Gasteiger partial charge in [0.15, 0.2) is 0 Å². The summed E-state index contributed by atoms with van der Waals surface area (Å²) in [6, 6.07) is 96.3. The number of rotatable bonds is 7. The molecule has 0 N–H and O–H groups in total. The molecule has 0 radical (unpaired) electrons. The molecular formula is C65H43N3. The lowest BCUT2D eigenvalue weighted by molar-refractivity contribution is 0.792. The Hall–Kier alpha value is -8.92. The highest BCUT2D eigenvalue weighted by Gasteiger charge is 2.55. The molecule has 0 bridgehead atoms. The van der Waals surface area contributed by atoms with E-state index >= 15 is 0 Å². The van der Waals surface area contributed by atoms with Crippen LogP contribution in [0.4, 0.5) is 34.1 Å². The summed E-state index contributed by atoms with van der Waals surface area (Å²) >= 11 is 0. The molecule has 12 aromatic rings. The van der Waals surface area contributed by atoms with Crippen LogP contribution in [0.2, 0.25) is 0 Å². The highest BCUT2D eigenvalue weighted by molar-refractivity contribution is 6.11. The Kier molecular flexibility index (Phi) is 8.50. The molecule has 318 valence electrons. The standard InChI is InChI=1S/C65H43N3/c1-4-22-46(23-5-1)66(49-39-38-44-20-10-11-21-45(44)42-49)60-36-18-31-55-51-28-12-15-33-57(51)65(63(55)60)58-34-16-13-29-52(58)56-32-19-37-61(64(56)65)67(47-24-6-2-7-25-47)50-40-41-54-53-30-14-17-35-59(53)68(62(54)43-50)48-26-8-3-9-27-48/h1-43H. The molecule has 0 fully saturated rings. The molecule has 68 heavy (non-hydrogen) atoms. The van der Waals surface area contributed by atoms with Crippen molar-refractivity contribution in [2.45, 2.75) is 5.41 Å². The van der Waals surface area contributed by atoms with Crippen molar-refractivity contribution in [3.63, 3.8) is 0 Å². The predicted molar refractivity (Wildman–Crippen MR) is 284 cm³/mol. The van der Waals surface area contributed by atoms with Gasteiger partial charge in [0.05, 0.1) is 27.8 Å². The number of hydrogen-bond acceptors (Lipinski definition) is 2. The number of para-hydroxylation sites is 4. The molecule has 3 heteroatoms. The van der Waals surface area contributed by atoms with Crippen molar-refractivity contribution in [3.8, 4) is 27.9 Å². The van der Waals surface area contributed by atoms with Crippen molar-refractivity contribution in [2.75, 3.05) is 9.80 Å². The molecule has 1 atom stereocenters. The maximum Gasteiger partial charge on any atom is 0.0766 e. The first-order valence-electron chi connectivity index (χ1n) is 23.5. The largest absolute Gasteiger partial charge is 0.310 e. The third kappa shape index (κ3) is 5.47. The van der Waals surface area contributed by atoms with Crippen molar-refractivity contribution in [1.29, 1.82) is 0 Å². The van der Waals surface area contributed by atoms with Gasteiger partial charge in [-0.05, 0) is 123 Å². The Bertz CT molecular complexity index is 3920. The number of anilines is 6. The van der Waals surface area contributed by atoms with Crippen molar-refractivity contribution in [2.24, 2.45) is 0 Å². The first-order valence-corrected chi connectivity index (χ1v) is 23.5. The van der Waals surface area contributed by atoms with Crippen LogP contribution in [0.15, 0.2) is 261 Å². The zero-order valence-electron chi connectivity index (χ0n) is 37.2. The molecule has 2 aliphatic rings. The van der Waals surface area contributed by atoms with Crippen LogP contribution in [0, 0.1) is 0 Å². The molecule has 1 unspecified atom stereocenters. The second-order valence-electron chi connectivity index (χ2n) is 18.0. The van der Waals surface area contributed by atoms with Gasteiger partial charge in [-0.25, -0.2) is 0 Å². The van der Waals surface area contributed by atoms with Crippen LogP contribution < -0.4 is 9.80 Å². The Balaban J connectivity index is 1.09. The predicted octanol–water partition coefficient (Wildman–Crippen LogP) is 17.2. The maximum atomic E-state index is 2.51. The fourth-order valence-electron chi connectivity index (χ4n) is 11.9. The summed E-state index contributed by atoms with van der Waals surface area (Å²) in [5, 5.41) is 4.89. The van der Waals surface area contributed by atoms with Crippen molar-refractivity contribution < 1.29 is 0 Å². The summed E-state index contributed by atoms with van der Waals surface area (Å²) in [4.78, 5) is 5.01. The van der Waals surface area contributed by atoms with Gasteiger partial charge in [0.2, 0.25) is 0 Å². The van der Waals surface area contributed by atoms with E-state index in [2.05, 4.69) is 275 Å². The molecule has 1 spiro atoms. The number of aromatic nitrogens is 1. The summed E-state index contributed by atoms with van der Waals surface area (Å²) in [7, 11) is 0. The monoisotopic (exact) mass is 865 g/mol. The Morgan fingerprint density at radius 3 is 1.40 bits per heavy atom.